The Morgan fingerprint density at radius 1 is 1.40 bits per heavy atom. The molecule has 0 aromatic heterocycles. The topological polar surface area (TPSA) is 26.0 Å². The summed E-state index contributed by atoms with van der Waals surface area (Å²) in [5, 5.41) is 0. The molecular formula is C12H17BrFN. The van der Waals surface area contributed by atoms with Crippen molar-refractivity contribution in [3.63, 3.8) is 0 Å². The van der Waals surface area contributed by atoms with E-state index in [2.05, 4.69) is 22.9 Å². The summed E-state index contributed by atoms with van der Waals surface area (Å²) in [5.74, 6) is -0.214. The molecule has 1 atom stereocenters. The third kappa shape index (κ3) is 3.58. The van der Waals surface area contributed by atoms with Gasteiger partial charge in [-0.2, -0.15) is 0 Å². The summed E-state index contributed by atoms with van der Waals surface area (Å²) in [4.78, 5) is 0. The van der Waals surface area contributed by atoms with Crippen LogP contribution in [0.4, 0.5) is 4.39 Å². The van der Waals surface area contributed by atoms with Gasteiger partial charge in [-0.05, 0) is 18.6 Å². The molecule has 0 aliphatic heterocycles. The number of unbranched alkanes of at least 4 members (excludes halogenated alkanes) is 2. The third-order valence-electron chi connectivity index (χ3n) is 2.49. The van der Waals surface area contributed by atoms with Crippen molar-refractivity contribution in [2.75, 3.05) is 0 Å². The lowest BCUT2D eigenvalue weighted by Gasteiger charge is -2.14. The second kappa shape index (κ2) is 6.23. The van der Waals surface area contributed by atoms with Crippen molar-refractivity contribution in [2.45, 2.75) is 38.6 Å². The monoisotopic (exact) mass is 273 g/mol. The summed E-state index contributed by atoms with van der Waals surface area (Å²) in [5.41, 5.74) is 6.57. The fourth-order valence-corrected chi connectivity index (χ4v) is 2.26. The molecule has 1 aromatic rings. The molecule has 0 amide bonds. The standard InChI is InChI=1S/C12H17BrFN/c1-2-3-4-8-11(15)12-9(13)6-5-7-10(12)14/h5-7,11H,2-4,8,15H2,1H3/t11-/m1/s1. The van der Waals surface area contributed by atoms with Crippen molar-refractivity contribution < 1.29 is 4.39 Å². The normalized spacial score (nSPS) is 12.8. The molecule has 0 spiro atoms. The van der Waals surface area contributed by atoms with Crippen molar-refractivity contribution in [1.29, 1.82) is 0 Å². The molecule has 0 radical (unpaired) electrons. The zero-order chi connectivity index (χ0) is 11.3. The largest absolute Gasteiger partial charge is 0.324 e. The van der Waals surface area contributed by atoms with Crippen LogP contribution < -0.4 is 5.73 Å². The summed E-state index contributed by atoms with van der Waals surface area (Å²) in [6.07, 6.45) is 4.21. The minimum atomic E-state index is -0.214. The number of halogens is 2. The zero-order valence-electron chi connectivity index (χ0n) is 8.97. The van der Waals surface area contributed by atoms with Crippen LogP contribution in [0.3, 0.4) is 0 Å². The van der Waals surface area contributed by atoms with Crippen molar-refractivity contribution in [2.24, 2.45) is 5.73 Å². The fourth-order valence-electron chi connectivity index (χ4n) is 1.62. The molecule has 0 bridgehead atoms. The van der Waals surface area contributed by atoms with E-state index in [9.17, 15) is 4.39 Å². The van der Waals surface area contributed by atoms with Gasteiger partial charge in [0, 0.05) is 16.1 Å². The van der Waals surface area contributed by atoms with E-state index in [1.165, 1.54) is 6.07 Å². The highest BCUT2D eigenvalue weighted by Crippen LogP contribution is 2.27. The molecule has 0 saturated carbocycles. The van der Waals surface area contributed by atoms with Crippen LogP contribution in [0.5, 0.6) is 0 Å². The van der Waals surface area contributed by atoms with Crippen LogP contribution in [0.25, 0.3) is 0 Å². The van der Waals surface area contributed by atoms with Crippen LogP contribution in [0.15, 0.2) is 22.7 Å². The van der Waals surface area contributed by atoms with Gasteiger partial charge in [-0.25, -0.2) is 4.39 Å². The summed E-state index contributed by atoms with van der Waals surface area (Å²) in [6, 6.07) is 4.77. The molecule has 1 nitrogen and oxygen atoms in total. The van der Waals surface area contributed by atoms with Gasteiger partial charge in [-0.1, -0.05) is 48.2 Å². The molecule has 0 aliphatic carbocycles. The Hall–Kier alpha value is -0.410. The molecule has 1 aromatic carbocycles. The molecule has 15 heavy (non-hydrogen) atoms. The van der Waals surface area contributed by atoms with Crippen LogP contribution in [-0.4, -0.2) is 0 Å². The average molecular weight is 274 g/mol. The summed E-state index contributed by atoms with van der Waals surface area (Å²) < 4.78 is 14.3. The molecule has 0 heterocycles. The Morgan fingerprint density at radius 2 is 2.13 bits per heavy atom. The molecule has 1 rings (SSSR count). The average Bonchev–Trinajstić information content (AvgIpc) is 2.18. The van der Waals surface area contributed by atoms with E-state index in [0.717, 1.165) is 30.2 Å². The quantitative estimate of drug-likeness (QED) is 0.801. The van der Waals surface area contributed by atoms with E-state index in [4.69, 9.17) is 5.73 Å². The minimum absolute atomic E-state index is 0.202. The SMILES string of the molecule is CCCCC[C@@H](N)c1c(F)cccc1Br. The Morgan fingerprint density at radius 3 is 2.73 bits per heavy atom. The first-order chi connectivity index (χ1) is 7.16. The molecule has 0 unspecified atom stereocenters. The second-order valence-corrected chi connectivity index (χ2v) is 4.59. The van der Waals surface area contributed by atoms with E-state index in [0.29, 0.717) is 5.56 Å². The minimum Gasteiger partial charge on any atom is -0.324 e. The van der Waals surface area contributed by atoms with E-state index < -0.39 is 0 Å². The van der Waals surface area contributed by atoms with Gasteiger partial charge in [-0.3, -0.25) is 0 Å². The number of rotatable bonds is 5. The van der Waals surface area contributed by atoms with Crippen LogP contribution in [0.1, 0.15) is 44.2 Å². The molecule has 84 valence electrons. The Bertz CT molecular complexity index is 294. The Kier molecular flexibility index (Phi) is 5.26. The van der Waals surface area contributed by atoms with Crippen molar-refractivity contribution in [3.8, 4) is 0 Å². The van der Waals surface area contributed by atoms with Gasteiger partial charge in [-0.15, -0.1) is 0 Å². The first-order valence-electron chi connectivity index (χ1n) is 5.36. The number of benzene rings is 1. The molecular weight excluding hydrogens is 257 g/mol. The maximum absolute atomic E-state index is 13.5. The fraction of sp³-hybridized carbons (Fsp3) is 0.500. The highest BCUT2D eigenvalue weighted by atomic mass is 79.9. The molecule has 0 fully saturated rings. The smallest absolute Gasteiger partial charge is 0.129 e. The number of hydrogen-bond donors (Lipinski definition) is 1. The summed E-state index contributed by atoms with van der Waals surface area (Å²) in [7, 11) is 0. The van der Waals surface area contributed by atoms with Crippen LogP contribution in [-0.2, 0) is 0 Å². The van der Waals surface area contributed by atoms with E-state index >= 15 is 0 Å². The lowest BCUT2D eigenvalue weighted by Crippen LogP contribution is -2.12. The molecule has 3 heteroatoms. The first-order valence-corrected chi connectivity index (χ1v) is 6.15. The zero-order valence-corrected chi connectivity index (χ0v) is 10.6. The van der Waals surface area contributed by atoms with Gasteiger partial charge in [0.25, 0.3) is 0 Å². The number of hydrogen-bond acceptors (Lipinski definition) is 1. The molecule has 2 N–H and O–H groups in total. The van der Waals surface area contributed by atoms with Crippen LogP contribution in [0.2, 0.25) is 0 Å². The predicted octanol–water partition coefficient (Wildman–Crippen LogP) is 4.17. The van der Waals surface area contributed by atoms with Gasteiger partial charge in [0.15, 0.2) is 0 Å². The molecule has 0 saturated heterocycles. The third-order valence-corrected chi connectivity index (χ3v) is 3.18. The van der Waals surface area contributed by atoms with Gasteiger partial charge in [0.1, 0.15) is 5.82 Å². The van der Waals surface area contributed by atoms with Crippen LogP contribution in [0, 0.1) is 5.82 Å². The van der Waals surface area contributed by atoms with E-state index in [1.807, 2.05) is 6.07 Å². The van der Waals surface area contributed by atoms with Crippen molar-refractivity contribution in [1.82, 2.24) is 0 Å². The maximum Gasteiger partial charge on any atom is 0.129 e. The summed E-state index contributed by atoms with van der Waals surface area (Å²) >= 11 is 3.34. The molecule has 0 aliphatic rings. The highest BCUT2D eigenvalue weighted by Gasteiger charge is 2.13. The van der Waals surface area contributed by atoms with Gasteiger partial charge in [0.2, 0.25) is 0 Å². The highest BCUT2D eigenvalue weighted by molar-refractivity contribution is 9.10. The number of nitrogens with two attached hydrogens (primary N) is 1. The lowest BCUT2D eigenvalue weighted by molar-refractivity contribution is 0.536. The second-order valence-electron chi connectivity index (χ2n) is 3.74. The van der Waals surface area contributed by atoms with Gasteiger partial charge in [0.05, 0.1) is 0 Å². The lowest BCUT2D eigenvalue weighted by atomic mass is 10.0. The van der Waals surface area contributed by atoms with E-state index in [-0.39, 0.29) is 11.9 Å². The Labute approximate surface area is 99.0 Å². The summed E-state index contributed by atoms with van der Waals surface area (Å²) in [6.45, 7) is 2.14. The first kappa shape index (κ1) is 12.7. The van der Waals surface area contributed by atoms with Crippen molar-refractivity contribution >= 4 is 15.9 Å². The predicted molar refractivity (Wildman–Crippen MR) is 65.2 cm³/mol. The van der Waals surface area contributed by atoms with Crippen LogP contribution >= 0.6 is 15.9 Å². The van der Waals surface area contributed by atoms with Gasteiger partial charge >= 0.3 is 0 Å². The Balaban J connectivity index is 2.68. The maximum atomic E-state index is 13.5. The van der Waals surface area contributed by atoms with E-state index in [1.54, 1.807) is 6.07 Å². The van der Waals surface area contributed by atoms with Gasteiger partial charge < -0.3 is 5.73 Å². The van der Waals surface area contributed by atoms with Crippen molar-refractivity contribution in [3.05, 3.63) is 34.1 Å².